The van der Waals surface area contributed by atoms with E-state index in [9.17, 15) is 4.79 Å². The van der Waals surface area contributed by atoms with Crippen molar-refractivity contribution < 1.29 is 4.79 Å². The van der Waals surface area contributed by atoms with Gasteiger partial charge in [-0.3, -0.25) is 4.79 Å². The molecule has 19 heavy (non-hydrogen) atoms. The van der Waals surface area contributed by atoms with Crippen molar-refractivity contribution in [2.45, 2.75) is 6.92 Å². The van der Waals surface area contributed by atoms with Gasteiger partial charge in [-0.05, 0) is 24.6 Å². The minimum absolute atomic E-state index is 0.0345. The van der Waals surface area contributed by atoms with Gasteiger partial charge in [0.05, 0.1) is 0 Å². The molecule has 2 rings (SSSR count). The van der Waals surface area contributed by atoms with Crippen LogP contribution in [0.2, 0.25) is 5.02 Å². The Hall–Kier alpha value is -2.06. The van der Waals surface area contributed by atoms with E-state index in [0.29, 0.717) is 10.6 Å². The number of benzene rings is 2. The van der Waals surface area contributed by atoms with E-state index < -0.39 is 0 Å². The molecule has 0 radical (unpaired) electrons. The first-order chi connectivity index (χ1) is 9.16. The maximum atomic E-state index is 11.8. The summed E-state index contributed by atoms with van der Waals surface area (Å²) in [7, 11) is 0. The second kappa shape index (κ2) is 6.21. The number of hydrogen-bond donors (Lipinski definition) is 1. The van der Waals surface area contributed by atoms with Crippen LogP contribution >= 0.6 is 11.6 Å². The molecule has 0 spiro atoms. The Bertz CT molecular complexity index is 605. The van der Waals surface area contributed by atoms with Crippen molar-refractivity contribution in [2.24, 2.45) is 0 Å². The first-order valence-corrected chi connectivity index (χ1v) is 6.33. The van der Waals surface area contributed by atoms with E-state index in [2.05, 4.69) is 5.32 Å². The number of anilines is 1. The second-order valence-electron chi connectivity index (χ2n) is 4.17. The van der Waals surface area contributed by atoms with Crippen LogP contribution in [0.25, 0.3) is 0 Å². The van der Waals surface area contributed by atoms with Crippen molar-refractivity contribution in [3.63, 3.8) is 0 Å². The highest BCUT2D eigenvalue weighted by Gasteiger charge is 2.00. The number of carbonyl (C=O) groups is 1. The Morgan fingerprint density at radius 2 is 1.89 bits per heavy atom. The minimum atomic E-state index is -0.0345. The van der Waals surface area contributed by atoms with E-state index in [4.69, 9.17) is 11.6 Å². The van der Waals surface area contributed by atoms with Crippen LogP contribution in [0.1, 0.15) is 15.9 Å². The van der Waals surface area contributed by atoms with Gasteiger partial charge >= 0.3 is 0 Å². The molecule has 0 amide bonds. The zero-order valence-electron chi connectivity index (χ0n) is 10.6. The first-order valence-electron chi connectivity index (χ1n) is 5.95. The molecule has 0 aliphatic heterocycles. The molecule has 0 unspecified atom stereocenters. The van der Waals surface area contributed by atoms with Gasteiger partial charge in [0, 0.05) is 28.5 Å². The Kier molecular flexibility index (Phi) is 4.37. The summed E-state index contributed by atoms with van der Waals surface area (Å²) in [5.74, 6) is -0.0345. The number of halogens is 1. The number of nitrogens with one attached hydrogen (secondary N) is 1. The van der Waals surface area contributed by atoms with Crippen LogP contribution in [-0.4, -0.2) is 5.78 Å². The number of rotatable bonds is 4. The van der Waals surface area contributed by atoms with Crippen LogP contribution in [0.4, 0.5) is 5.69 Å². The molecule has 0 atom stereocenters. The molecule has 0 heterocycles. The highest BCUT2D eigenvalue weighted by atomic mass is 35.5. The highest BCUT2D eigenvalue weighted by molar-refractivity contribution is 6.30. The first kappa shape index (κ1) is 13.4. The van der Waals surface area contributed by atoms with Crippen LogP contribution < -0.4 is 5.32 Å². The van der Waals surface area contributed by atoms with Gasteiger partial charge in [0.1, 0.15) is 0 Å². The SMILES string of the molecule is Cc1ccc(Cl)cc1N/C=C/C(=O)c1ccccc1. The molecule has 96 valence electrons. The Balaban J connectivity index is 2.04. The lowest BCUT2D eigenvalue weighted by molar-refractivity contribution is 0.104. The number of ketones is 1. The fraction of sp³-hybridized carbons (Fsp3) is 0.0625. The molecule has 0 saturated heterocycles. The quantitative estimate of drug-likeness (QED) is 0.657. The molecular weight excluding hydrogens is 258 g/mol. The van der Waals surface area contributed by atoms with Crippen LogP contribution in [0.5, 0.6) is 0 Å². The van der Waals surface area contributed by atoms with E-state index >= 15 is 0 Å². The monoisotopic (exact) mass is 271 g/mol. The summed E-state index contributed by atoms with van der Waals surface area (Å²) in [6, 6.07) is 14.7. The normalized spacial score (nSPS) is 10.6. The van der Waals surface area contributed by atoms with Crippen LogP contribution in [0.15, 0.2) is 60.8 Å². The van der Waals surface area contributed by atoms with Crippen molar-refractivity contribution >= 4 is 23.1 Å². The minimum Gasteiger partial charge on any atom is -0.361 e. The average molecular weight is 272 g/mol. The summed E-state index contributed by atoms with van der Waals surface area (Å²) in [5.41, 5.74) is 2.63. The maximum Gasteiger partial charge on any atom is 0.187 e. The van der Waals surface area contributed by atoms with E-state index in [0.717, 1.165) is 11.3 Å². The Morgan fingerprint density at radius 3 is 2.63 bits per heavy atom. The Labute approximate surface area is 117 Å². The second-order valence-corrected chi connectivity index (χ2v) is 4.60. The van der Waals surface area contributed by atoms with E-state index in [1.165, 1.54) is 6.08 Å². The van der Waals surface area contributed by atoms with Gasteiger partial charge in [0.15, 0.2) is 5.78 Å². The lowest BCUT2D eigenvalue weighted by Gasteiger charge is -2.05. The molecule has 0 fully saturated rings. The Morgan fingerprint density at radius 1 is 1.16 bits per heavy atom. The summed E-state index contributed by atoms with van der Waals surface area (Å²) in [6.45, 7) is 1.98. The fourth-order valence-corrected chi connectivity index (χ4v) is 1.83. The summed E-state index contributed by atoms with van der Waals surface area (Å²) in [4.78, 5) is 11.8. The molecular formula is C16H14ClNO. The zero-order valence-corrected chi connectivity index (χ0v) is 11.3. The lowest BCUT2D eigenvalue weighted by Crippen LogP contribution is -1.96. The van der Waals surface area contributed by atoms with Crippen molar-refractivity contribution in [1.29, 1.82) is 0 Å². The van der Waals surface area contributed by atoms with Crippen LogP contribution in [0.3, 0.4) is 0 Å². The molecule has 0 aliphatic rings. The smallest absolute Gasteiger partial charge is 0.187 e. The molecule has 0 saturated carbocycles. The van der Waals surface area contributed by atoms with Crippen molar-refractivity contribution in [3.05, 3.63) is 77.0 Å². The van der Waals surface area contributed by atoms with Crippen LogP contribution in [0, 0.1) is 6.92 Å². The van der Waals surface area contributed by atoms with Gasteiger partial charge in [-0.15, -0.1) is 0 Å². The third kappa shape index (κ3) is 3.70. The van der Waals surface area contributed by atoms with Gasteiger partial charge in [-0.2, -0.15) is 0 Å². The summed E-state index contributed by atoms with van der Waals surface area (Å²) >= 11 is 5.92. The molecule has 2 aromatic carbocycles. The lowest BCUT2D eigenvalue weighted by atomic mass is 10.1. The number of aryl methyl sites for hydroxylation is 1. The summed E-state index contributed by atoms with van der Waals surface area (Å²) < 4.78 is 0. The third-order valence-corrected chi connectivity index (χ3v) is 2.97. The molecule has 0 aromatic heterocycles. The third-order valence-electron chi connectivity index (χ3n) is 2.73. The summed E-state index contributed by atoms with van der Waals surface area (Å²) in [5, 5.41) is 3.73. The van der Waals surface area contributed by atoms with Gasteiger partial charge in [-0.25, -0.2) is 0 Å². The van der Waals surface area contributed by atoms with E-state index in [1.807, 2.05) is 43.3 Å². The number of hydrogen-bond acceptors (Lipinski definition) is 2. The molecule has 3 heteroatoms. The van der Waals surface area contributed by atoms with E-state index in [1.54, 1.807) is 18.3 Å². The molecule has 0 aliphatic carbocycles. The number of carbonyl (C=O) groups excluding carboxylic acids is 1. The largest absolute Gasteiger partial charge is 0.361 e. The average Bonchev–Trinajstić information content (AvgIpc) is 2.43. The highest BCUT2D eigenvalue weighted by Crippen LogP contribution is 2.20. The van der Waals surface area contributed by atoms with Gasteiger partial charge in [0.2, 0.25) is 0 Å². The molecule has 2 nitrogen and oxygen atoms in total. The topological polar surface area (TPSA) is 29.1 Å². The number of allylic oxidation sites excluding steroid dienone is 1. The van der Waals surface area contributed by atoms with Gasteiger partial charge in [0.25, 0.3) is 0 Å². The molecule has 0 bridgehead atoms. The van der Waals surface area contributed by atoms with E-state index in [-0.39, 0.29) is 5.78 Å². The van der Waals surface area contributed by atoms with Gasteiger partial charge in [-0.1, -0.05) is 48.0 Å². The van der Waals surface area contributed by atoms with Crippen LogP contribution in [-0.2, 0) is 0 Å². The zero-order chi connectivity index (χ0) is 13.7. The van der Waals surface area contributed by atoms with Crippen molar-refractivity contribution in [2.75, 3.05) is 5.32 Å². The summed E-state index contributed by atoms with van der Waals surface area (Å²) in [6.07, 6.45) is 3.14. The van der Waals surface area contributed by atoms with Gasteiger partial charge < -0.3 is 5.32 Å². The van der Waals surface area contributed by atoms with Crippen molar-refractivity contribution in [3.8, 4) is 0 Å². The maximum absolute atomic E-state index is 11.8. The predicted molar refractivity (Wildman–Crippen MR) is 79.7 cm³/mol. The predicted octanol–water partition coefficient (Wildman–Crippen LogP) is 4.46. The molecule has 1 N–H and O–H groups in total. The standard InChI is InChI=1S/C16H14ClNO/c1-12-7-8-14(17)11-15(12)18-10-9-16(19)13-5-3-2-4-6-13/h2-11,18H,1H3/b10-9+. The molecule has 2 aromatic rings. The fourth-order valence-electron chi connectivity index (χ4n) is 1.66. The van der Waals surface area contributed by atoms with Crippen molar-refractivity contribution in [1.82, 2.24) is 0 Å².